The van der Waals surface area contributed by atoms with E-state index in [1.54, 1.807) is 0 Å². The summed E-state index contributed by atoms with van der Waals surface area (Å²) in [4.78, 5) is 0. The van der Waals surface area contributed by atoms with Gasteiger partial charge in [0.15, 0.2) is 0 Å². The molecule has 1 atom stereocenters. The summed E-state index contributed by atoms with van der Waals surface area (Å²) in [5.74, 6) is -0.0750. The molecule has 0 heterocycles. The quantitative estimate of drug-likeness (QED) is 0.568. The first-order valence-electron chi connectivity index (χ1n) is 4.21. The van der Waals surface area contributed by atoms with Crippen molar-refractivity contribution in [1.82, 2.24) is 4.72 Å². The Balaban J connectivity index is 4.13. The summed E-state index contributed by atoms with van der Waals surface area (Å²) < 4.78 is 29.7. The highest BCUT2D eigenvalue weighted by atomic mass is 35.5. The fraction of sp³-hybridized carbons (Fsp3) is 1.00. The van der Waals surface area contributed by atoms with Crippen LogP contribution in [0.3, 0.4) is 0 Å². The van der Waals surface area contributed by atoms with Gasteiger partial charge >= 0.3 is 0 Å². The summed E-state index contributed by atoms with van der Waals surface area (Å²) in [6, 6.07) is -0.391. The molecule has 1 unspecified atom stereocenters. The molecule has 0 aliphatic heterocycles. The van der Waals surface area contributed by atoms with Crippen LogP contribution in [0.15, 0.2) is 0 Å². The lowest BCUT2D eigenvalue weighted by Crippen LogP contribution is -2.40. The van der Waals surface area contributed by atoms with Gasteiger partial charge in [-0.15, -0.1) is 11.6 Å². The summed E-state index contributed by atoms with van der Waals surface area (Å²) >= 11 is 5.32. The van der Waals surface area contributed by atoms with Crippen molar-refractivity contribution in [3.05, 3.63) is 0 Å². The molecule has 86 valence electrons. The Hall–Kier alpha value is 0.120. The Morgan fingerprint density at radius 1 is 1.57 bits per heavy atom. The second-order valence-electron chi connectivity index (χ2n) is 2.79. The zero-order valence-corrected chi connectivity index (χ0v) is 9.64. The maximum Gasteiger partial charge on any atom is 0.213 e. The van der Waals surface area contributed by atoms with E-state index in [0.29, 0.717) is 6.42 Å². The summed E-state index contributed by atoms with van der Waals surface area (Å²) in [7, 11) is -1.88. The smallest absolute Gasteiger partial charge is 0.213 e. The van der Waals surface area contributed by atoms with Gasteiger partial charge in [-0.1, -0.05) is 0 Å². The van der Waals surface area contributed by atoms with Gasteiger partial charge in [0.1, 0.15) is 0 Å². The number of hydrogen-bond acceptors (Lipinski definition) is 4. The highest BCUT2D eigenvalue weighted by Crippen LogP contribution is 1.96. The van der Waals surface area contributed by atoms with E-state index in [9.17, 15) is 8.42 Å². The molecule has 0 aromatic rings. The van der Waals surface area contributed by atoms with Crippen LogP contribution >= 0.6 is 11.6 Å². The van der Waals surface area contributed by atoms with Crippen molar-refractivity contribution < 1.29 is 18.3 Å². The number of aliphatic hydroxyl groups is 1. The summed E-state index contributed by atoms with van der Waals surface area (Å²) in [6.07, 6.45) is 0.329. The van der Waals surface area contributed by atoms with Crippen LogP contribution in [0.25, 0.3) is 0 Å². The number of nitrogens with one attached hydrogen (secondary N) is 1. The molecule has 2 N–H and O–H groups in total. The van der Waals surface area contributed by atoms with Crippen LogP contribution in [0.2, 0.25) is 0 Å². The van der Waals surface area contributed by atoms with Crippen molar-refractivity contribution >= 4 is 21.6 Å². The molecule has 7 heteroatoms. The van der Waals surface area contributed by atoms with Crippen molar-refractivity contribution in [3.8, 4) is 0 Å². The van der Waals surface area contributed by atoms with Crippen molar-refractivity contribution in [2.45, 2.75) is 12.5 Å². The second kappa shape index (κ2) is 7.42. The topological polar surface area (TPSA) is 75.6 Å². The lowest BCUT2D eigenvalue weighted by atomic mass is 10.2. The molecule has 0 saturated heterocycles. The SMILES string of the molecule is COCC(CCO)NS(=O)(=O)CCCl. The fourth-order valence-corrected chi connectivity index (χ4v) is 2.57. The van der Waals surface area contributed by atoms with Crippen LogP contribution < -0.4 is 4.72 Å². The van der Waals surface area contributed by atoms with Crippen molar-refractivity contribution in [1.29, 1.82) is 0 Å². The van der Waals surface area contributed by atoms with E-state index in [0.717, 1.165) is 0 Å². The van der Waals surface area contributed by atoms with Gasteiger partial charge in [0.05, 0.1) is 12.4 Å². The molecule has 0 radical (unpaired) electrons. The minimum atomic E-state index is -3.35. The maximum absolute atomic E-state index is 11.3. The van der Waals surface area contributed by atoms with Crippen LogP contribution in [0.4, 0.5) is 0 Å². The average molecular weight is 246 g/mol. The van der Waals surface area contributed by atoms with E-state index in [-0.39, 0.29) is 24.8 Å². The number of aliphatic hydroxyl groups excluding tert-OH is 1. The fourth-order valence-electron chi connectivity index (χ4n) is 0.948. The van der Waals surface area contributed by atoms with E-state index in [1.165, 1.54) is 7.11 Å². The van der Waals surface area contributed by atoms with Crippen molar-refractivity contribution in [2.75, 3.05) is 32.0 Å². The first-order valence-corrected chi connectivity index (χ1v) is 6.40. The van der Waals surface area contributed by atoms with Crippen LogP contribution in [0.5, 0.6) is 0 Å². The third-order valence-corrected chi connectivity index (χ3v) is 3.38. The molecule has 14 heavy (non-hydrogen) atoms. The van der Waals surface area contributed by atoms with Crippen LogP contribution in [-0.4, -0.2) is 51.5 Å². The van der Waals surface area contributed by atoms with Gasteiger partial charge in [-0.05, 0) is 6.42 Å². The molecule has 0 bridgehead atoms. The summed E-state index contributed by atoms with van der Waals surface area (Å²) in [6.45, 7) is 0.152. The van der Waals surface area contributed by atoms with Crippen molar-refractivity contribution in [2.24, 2.45) is 0 Å². The summed E-state index contributed by atoms with van der Waals surface area (Å²) in [5.41, 5.74) is 0. The number of sulfonamides is 1. The van der Waals surface area contributed by atoms with Gasteiger partial charge in [0.2, 0.25) is 10.0 Å². The van der Waals surface area contributed by atoms with E-state index in [4.69, 9.17) is 21.4 Å². The largest absolute Gasteiger partial charge is 0.396 e. The maximum atomic E-state index is 11.3. The monoisotopic (exact) mass is 245 g/mol. The Morgan fingerprint density at radius 2 is 2.21 bits per heavy atom. The number of ether oxygens (including phenoxy) is 1. The Morgan fingerprint density at radius 3 is 2.64 bits per heavy atom. The first kappa shape index (κ1) is 14.1. The Labute approximate surface area is 89.5 Å². The van der Waals surface area contributed by atoms with E-state index < -0.39 is 16.1 Å². The normalized spacial score (nSPS) is 14.2. The van der Waals surface area contributed by atoms with E-state index >= 15 is 0 Å². The molecule has 0 spiro atoms. The molecule has 0 aliphatic rings. The summed E-state index contributed by atoms with van der Waals surface area (Å²) in [5, 5.41) is 8.67. The van der Waals surface area contributed by atoms with Gasteiger partial charge in [-0.25, -0.2) is 13.1 Å². The van der Waals surface area contributed by atoms with Gasteiger partial charge < -0.3 is 9.84 Å². The minimum Gasteiger partial charge on any atom is -0.396 e. The standard InChI is InChI=1S/C7H16ClNO4S/c1-13-6-7(2-4-10)9-14(11,12)5-3-8/h7,9-10H,2-6H2,1H3. The van der Waals surface area contributed by atoms with Crippen LogP contribution in [-0.2, 0) is 14.8 Å². The number of methoxy groups -OCH3 is 1. The number of rotatable bonds is 8. The van der Waals surface area contributed by atoms with E-state index in [1.807, 2.05) is 0 Å². The van der Waals surface area contributed by atoms with Gasteiger partial charge in [-0.2, -0.15) is 0 Å². The Kier molecular flexibility index (Phi) is 7.48. The molecule has 0 fully saturated rings. The lowest BCUT2D eigenvalue weighted by Gasteiger charge is -2.16. The van der Waals surface area contributed by atoms with Crippen LogP contribution in [0, 0.1) is 0 Å². The molecule has 0 aromatic heterocycles. The molecule has 0 aliphatic carbocycles. The zero-order valence-electron chi connectivity index (χ0n) is 8.07. The highest BCUT2D eigenvalue weighted by molar-refractivity contribution is 7.89. The van der Waals surface area contributed by atoms with Gasteiger partial charge in [-0.3, -0.25) is 0 Å². The molecule has 0 aromatic carbocycles. The highest BCUT2D eigenvalue weighted by Gasteiger charge is 2.16. The zero-order chi connectivity index (χ0) is 11.0. The molecular formula is C7H16ClNO4S. The number of hydrogen-bond donors (Lipinski definition) is 2. The average Bonchev–Trinajstić information content (AvgIpc) is 2.03. The first-order chi connectivity index (χ1) is 6.55. The van der Waals surface area contributed by atoms with Gasteiger partial charge in [0, 0.05) is 25.6 Å². The molecular weight excluding hydrogens is 230 g/mol. The van der Waals surface area contributed by atoms with E-state index in [2.05, 4.69) is 4.72 Å². The Bertz CT molecular complexity index is 226. The predicted molar refractivity (Wildman–Crippen MR) is 55.0 cm³/mol. The number of halogens is 1. The molecule has 0 amide bonds. The molecule has 0 saturated carbocycles. The second-order valence-corrected chi connectivity index (χ2v) is 5.04. The predicted octanol–water partition coefficient (Wildman–Crippen LogP) is -0.458. The van der Waals surface area contributed by atoms with Crippen molar-refractivity contribution in [3.63, 3.8) is 0 Å². The van der Waals surface area contributed by atoms with Crippen LogP contribution in [0.1, 0.15) is 6.42 Å². The lowest BCUT2D eigenvalue weighted by molar-refractivity contribution is 0.158. The molecule has 0 rings (SSSR count). The molecule has 5 nitrogen and oxygen atoms in total. The minimum absolute atomic E-state index is 0.0498. The third-order valence-electron chi connectivity index (χ3n) is 1.54. The third kappa shape index (κ3) is 6.56. The number of alkyl halides is 1. The van der Waals surface area contributed by atoms with Gasteiger partial charge in [0.25, 0.3) is 0 Å².